The summed E-state index contributed by atoms with van der Waals surface area (Å²) in [6.07, 6.45) is 2.54. The number of rotatable bonds is 4. The van der Waals surface area contributed by atoms with E-state index in [1.54, 1.807) is 37.4 Å². The van der Waals surface area contributed by atoms with Crippen LogP contribution in [0.5, 0.6) is 5.75 Å². The fourth-order valence-electron chi connectivity index (χ4n) is 2.75. The second-order valence-corrected chi connectivity index (χ2v) is 5.50. The van der Waals surface area contributed by atoms with Crippen LogP contribution in [0.4, 0.5) is 5.82 Å². The van der Waals surface area contributed by atoms with Crippen LogP contribution in [-0.2, 0) is 0 Å². The maximum Gasteiger partial charge on any atom is 0.332 e. The summed E-state index contributed by atoms with van der Waals surface area (Å²) >= 11 is 0. The van der Waals surface area contributed by atoms with Crippen molar-refractivity contribution in [2.24, 2.45) is 5.73 Å². The molecule has 0 amide bonds. The van der Waals surface area contributed by atoms with Crippen molar-refractivity contribution in [3.05, 3.63) is 52.7 Å². The molecule has 0 radical (unpaired) electrons. The average Bonchev–Trinajstić information content (AvgIpc) is 3.19. The number of nitrogen functional groups attached to an aromatic ring is 1. The number of hydrogen-bond acceptors (Lipinski definition) is 6. The zero-order valence-electron chi connectivity index (χ0n) is 15.1. The van der Waals surface area contributed by atoms with Gasteiger partial charge in [-0.05, 0) is 25.3 Å². The predicted octanol–water partition coefficient (Wildman–Crippen LogP) is 1.55. The number of aromatic amines is 1. The molecule has 138 valence electrons. The van der Waals surface area contributed by atoms with Crippen LogP contribution < -0.4 is 27.2 Å². The lowest BCUT2D eigenvalue weighted by atomic mass is 10.0. The predicted molar refractivity (Wildman–Crippen MR) is 101 cm³/mol. The lowest BCUT2D eigenvalue weighted by molar-refractivity contribution is 0.275. The average molecular weight is 356 g/mol. The molecule has 26 heavy (non-hydrogen) atoms. The van der Waals surface area contributed by atoms with Gasteiger partial charge in [-0.2, -0.15) is 5.26 Å². The molecule has 3 rings (SSSR count). The van der Waals surface area contributed by atoms with Crippen molar-refractivity contribution >= 4 is 5.82 Å². The number of imidazole rings is 1. The number of anilines is 1. The zero-order valence-corrected chi connectivity index (χ0v) is 15.1. The summed E-state index contributed by atoms with van der Waals surface area (Å²) in [4.78, 5) is 15.1. The number of ether oxygens (including phenoxy) is 1. The Morgan fingerprint density at radius 1 is 1.35 bits per heavy atom. The summed E-state index contributed by atoms with van der Waals surface area (Å²) in [5.41, 5.74) is 12.7. The Bertz CT molecular complexity index is 877. The van der Waals surface area contributed by atoms with E-state index in [4.69, 9.17) is 21.5 Å². The second-order valence-electron chi connectivity index (χ2n) is 5.50. The van der Waals surface area contributed by atoms with Gasteiger partial charge in [0.2, 0.25) is 0 Å². The molecule has 3 unspecified atom stereocenters. The molecular formula is C18H24N6O2. The van der Waals surface area contributed by atoms with Crippen molar-refractivity contribution in [2.75, 3.05) is 5.73 Å². The summed E-state index contributed by atoms with van der Waals surface area (Å²) in [6.45, 7) is 5.63. The van der Waals surface area contributed by atoms with Crippen LogP contribution in [0.1, 0.15) is 32.4 Å². The van der Waals surface area contributed by atoms with E-state index in [9.17, 15) is 4.79 Å². The molecule has 0 aliphatic carbocycles. The summed E-state index contributed by atoms with van der Waals surface area (Å²) in [5.74, 6) is 0.389. The van der Waals surface area contributed by atoms with Crippen molar-refractivity contribution in [3.63, 3.8) is 0 Å². The molecule has 1 aromatic heterocycles. The molecule has 0 saturated carbocycles. The van der Waals surface area contributed by atoms with E-state index in [0.717, 1.165) is 0 Å². The highest BCUT2D eigenvalue weighted by Gasteiger charge is 2.29. The van der Waals surface area contributed by atoms with Crippen LogP contribution in [0.15, 0.2) is 41.3 Å². The highest BCUT2D eigenvalue weighted by atomic mass is 16.5. The molecule has 0 spiro atoms. The largest absolute Gasteiger partial charge is 0.474 e. The van der Waals surface area contributed by atoms with E-state index in [1.807, 2.05) is 26.0 Å². The van der Waals surface area contributed by atoms with Gasteiger partial charge in [0.15, 0.2) is 6.10 Å². The Kier molecular flexibility index (Phi) is 6.09. The Hall–Kier alpha value is -3.18. The Morgan fingerprint density at radius 3 is 2.65 bits per heavy atom. The zero-order chi connectivity index (χ0) is 19.3. The number of nitriles is 1. The van der Waals surface area contributed by atoms with Gasteiger partial charge in [0.1, 0.15) is 17.6 Å². The van der Waals surface area contributed by atoms with Crippen LogP contribution in [0.3, 0.4) is 0 Å². The van der Waals surface area contributed by atoms with Crippen LogP contribution in [-0.4, -0.2) is 21.8 Å². The minimum absolute atomic E-state index is 0.247. The number of hydrogen-bond donors (Lipinski definition) is 4. The van der Waals surface area contributed by atoms with Gasteiger partial charge in [-0.25, -0.2) is 4.79 Å². The second kappa shape index (κ2) is 8.27. The SMILES string of the molecule is CC.CC(C#N)Oc1ccccc1-n1c(C2C=CNC2N)c(N)[nH]c1=O. The number of aromatic nitrogens is 2. The molecule has 0 saturated heterocycles. The van der Waals surface area contributed by atoms with E-state index in [-0.39, 0.29) is 17.9 Å². The van der Waals surface area contributed by atoms with Crippen molar-refractivity contribution in [1.82, 2.24) is 14.9 Å². The number of H-pyrrole nitrogens is 1. The van der Waals surface area contributed by atoms with Crippen molar-refractivity contribution in [3.8, 4) is 17.5 Å². The number of nitrogens with two attached hydrogens (primary N) is 2. The third-order valence-corrected chi connectivity index (χ3v) is 3.85. The quantitative estimate of drug-likeness (QED) is 0.656. The molecule has 6 N–H and O–H groups in total. The fraction of sp³-hybridized carbons (Fsp3) is 0.333. The van der Waals surface area contributed by atoms with Gasteiger partial charge in [-0.3, -0.25) is 9.55 Å². The molecule has 0 bridgehead atoms. The molecule has 8 heteroatoms. The van der Waals surface area contributed by atoms with Crippen LogP contribution in [0.2, 0.25) is 0 Å². The van der Waals surface area contributed by atoms with Gasteiger partial charge in [-0.1, -0.05) is 32.1 Å². The maximum absolute atomic E-state index is 12.5. The van der Waals surface area contributed by atoms with Crippen LogP contribution in [0.25, 0.3) is 5.69 Å². The molecule has 1 aliphatic heterocycles. The Morgan fingerprint density at radius 2 is 2.04 bits per heavy atom. The first kappa shape index (κ1) is 19.1. The number of nitrogens with one attached hydrogen (secondary N) is 2. The number of para-hydroxylation sites is 2. The molecule has 3 atom stereocenters. The molecule has 2 aromatic rings. The molecule has 0 fully saturated rings. The summed E-state index contributed by atoms with van der Waals surface area (Å²) < 4.78 is 7.06. The first-order valence-corrected chi connectivity index (χ1v) is 8.47. The highest BCUT2D eigenvalue weighted by Crippen LogP contribution is 2.31. The third kappa shape index (κ3) is 3.58. The lowest BCUT2D eigenvalue weighted by Gasteiger charge is -2.19. The van der Waals surface area contributed by atoms with Gasteiger partial charge in [0.05, 0.1) is 23.5 Å². The summed E-state index contributed by atoms with van der Waals surface area (Å²) in [6, 6.07) is 8.99. The minimum Gasteiger partial charge on any atom is -0.474 e. The van der Waals surface area contributed by atoms with E-state index >= 15 is 0 Å². The Balaban J connectivity index is 0.00000117. The lowest BCUT2D eigenvalue weighted by Crippen LogP contribution is -2.36. The van der Waals surface area contributed by atoms with Crippen LogP contribution in [0, 0.1) is 11.3 Å². The van der Waals surface area contributed by atoms with E-state index in [0.29, 0.717) is 17.1 Å². The van der Waals surface area contributed by atoms with Crippen molar-refractivity contribution in [2.45, 2.75) is 39.0 Å². The maximum atomic E-state index is 12.5. The van der Waals surface area contributed by atoms with E-state index in [2.05, 4.69) is 10.3 Å². The highest BCUT2D eigenvalue weighted by molar-refractivity contribution is 5.53. The topological polar surface area (TPSA) is 135 Å². The molecule has 2 heterocycles. The first-order chi connectivity index (χ1) is 12.5. The van der Waals surface area contributed by atoms with Gasteiger partial charge in [-0.15, -0.1) is 0 Å². The standard InChI is InChI=1S/C16H18N6O2.C2H6/c1-9(8-17)24-12-5-3-2-4-11(12)22-13(15(19)21-16(22)23)10-6-7-20-14(10)18;1-2/h2-7,9-10,14,20H,18-19H2,1H3,(H,21,23);1-2H3. The van der Waals surface area contributed by atoms with Gasteiger partial charge < -0.3 is 21.5 Å². The van der Waals surface area contributed by atoms with Gasteiger partial charge >= 0.3 is 5.69 Å². The minimum atomic E-state index is -0.656. The van der Waals surface area contributed by atoms with Gasteiger partial charge in [0.25, 0.3) is 0 Å². The van der Waals surface area contributed by atoms with Crippen molar-refractivity contribution < 1.29 is 4.74 Å². The number of nitrogens with zero attached hydrogens (tertiary/aromatic N) is 2. The molecule has 1 aliphatic rings. The smallest absolute Gasteiger partial charge is 0.332 e. The fourth-order valence-corrected chi connectivity index (χ4v) is 2.75. The number of benzene rings is 1. The van der Waals surface area contributed by atoms with Gasteiger partial charge in [0, 0.05) is 0 Å². The van der Waals surface area contributed by atoms with E-state index in [1.165, 1.54) is 4.57 Å². The van der Waals surface area contributed by atoms with E-state index < -0.39 is 11.8 Å². The summed E-state index contributed by atoms with van der Waals surface area (Å²) in [5, 5.41) is 12.0. The first-order valence-electron chi connectivity index (χ1n) is 8.47. The molecule has 1 aromatic carbocycles. The summed E-state index contributed by atoms with van der Waals surface area (Å²) in [7, 11) is 0. The molecule has 8 nitrogen and oxygen atoms in total. The van der Waals surface area contributed by atoms with Crippen molar-refractivity contribution in [1.29, 1.82) is 5.26 Å². The molecular weight excluding hydrogens is 332 g/mol. The monoisotopic (exact) mass is 356 g/mol. The normalized spacial score (nSPS) is 19.0. The van der Waals surface area contributed by atoms with Crippen LogP contribution >= 0.6 is 0 Å². The Labute approximate surface area is 152 Å². The third-order valence-electron chi connectivity index (χ3n) is 3.85.